The predicted molar refractivity (Wildman–Crippen MR) is 66.5 cm³/mol. The van der Waals surface area contributed by atoms with Crippen molar-refractivity contribution in [2.24, 2.45) is 5.10 Å². The van der Waals surface area contributed by atoms with E-state index in [0.29, 0.717) is 5.71 Å². The van der Waals surface area contributed by atoms with Gasteiger partial charge < -0.3 is 0 Å². The maximum atomic E-state index is 11.7. The Bertz CT molecular complexity index is 641. The molecular weight excluding hydrogens is 280 g/mol. The standard InChI is InChI=1S/C10H9ClN2O4S/c1-6-9(11)10(14)13(12-6)7-3-2-4-8(5-7)18(15,16)17/h2-5,9H,1H3,(H,15,16,17). The van der Waals surface area contributed by atoms with E-state index in [9.17, 15) is 13.2 Å². The van der Waals surface area contributed by atoms with Gasteiger partial charge in [-0.15, -0.1) is 11.6 Å². The number of carbonyl (C=O) groups excluding carboxylic acids is 1. The van der Waals surface area contributed by atoms with Crippen LogP contribution in [0.1, 0.15) is 6.92 Å². The van der Waals surface area contributed by atoms with Gasteiger partial charge in [0.05, 0.1) is 16.3 Å². The molecule has 0 bridgehead atoms. The van der Waals surface area contributed by atoms with Crippen molar-refractivity contribution in [2.45, 2.75) is 17.2 Å². The number of hydrogen-bond donors (Lipinski definition) is 1. The number of rotatable bonds is 2. The van der Waals surface area contributed by atoms with Crippen LogP contribution in [0.5, 0.6) is 0 Å². The Hall–Kier alpha value is -1.44. The zero-order valence-corrected chi connectivity index (χ0v) is 10.8. The minimum Gasteiger partial charge on any atom is -0.282 e. The van der Waals surface area contributed by atoms with Crippen molar-refractivity contribution in [3.8, 4) is 0 Å². The van der Waals surface area contributed by atoms with Gasteiger partial charge in [0.25, 0.3) is 16.0 Å². The molecule has 1 aromatic carbocycles. The lowest BCUT2D eigenvalue weighted by Gasteiger charge is -2.12. The topological polar surface area (TPSA) is 87.0 Å². The summed E-state index contributed by atoms with van der Waals surface area (Å²) < 4.78 is 30.9. The third-order valence-electron chi connectivity index (χ3n) is 2.41. The van der Waals surface area contributed by atoms with Crippen LogP contribution in [-0.2, 0) is 14.9 Å². The van der Waals surface area contributed by atoms with Gasteiger partial charge in [-0.05, 0) is 25.1 Å². The average molecular weight is 289 g/mol. The molecule has 0 radical (unpaired) electrons. The van der Waals surface area contributed by atoms with Crippen LogP contribution in [-0.4, -0.2) is 30.0 Å². The highest BCUT2D eigenvalue weighted by atomic mass is 35.5. The third-order valence-corrected chi connectivity index (χ3v) is 3.76. The molecule has 1 aromatic rings. The number of nitrogens with zero attached hydrogens (tertiary/aromatic N) is 2. The summed E-state index contributed by atoms with van der Waals surface area (Å²) in [6, 6.07) is 5.27. The second kappa shape index (κ2) is 4.34. The molecule has 1 heterocycles. The van der Waals surface area contributed by atoms with Crippen molar-refractivity contribution in [1.82, 2.24) is 0 Å². The van der Waals surface area contributed by atoms with E-state index < -0.39 is 21.4 Å². The van der Waals surface area contributed by atoms with Crippen LogP contribution < -0.4 is 5.01 Å². The summed E-state index contributed by atoms with van der Waals surface area (Å²) in [5.41, 5.74) is 0.663. The number of anilines is 1. The molecule has 0 aromatic heterocycles. The molecule has 1 aliphatic heterocycles. The molecule has 1 unspecified atom stereocenters. The van der Waals surface area contributed by atoms with E-state index in [1.807, 2.05) is 0 Å². The second-order valence-electron chi connectivity index (χ2n) is 3.73. The molecule has 1 atom stereocenters. The number of amides is 1. The van der Waals surface area contributed by atoms with Gasteiger partial charge >= 0.3 is 0 Å². The van der Waals surface area contributed by atoms with E-state index in [0.717, 1.165) is 11.1 Å². The fourth-order valence-corrected chi connectivity index (χ4v) is 2.16. The Balaban J connectivity index is 2.45. The van der Waals surface area contributed by atoms with E-state index in [2.05, 4.69) is 5.10 Å². The largest absolute Gasteiger partial charge is 0.294 e. The van der Waals surface area contributed by atoms with Crippen molar-refractivity contribution in [1.29, 1.82) is 0 Å². The second-order valence-corrected chi connectivity index (χ2v) is 5.58. The quantitative estimate of drug-likeness (QED) is 0.655. The molecule has 0 saturated carbocycles. The first-order valence-electron chi connectivity index (χ1n) is 4.91. The van der Waals surface area contributed by atoms with Gasteiger partial charge in [0, 0.05) is 0 Å². The van der Waals surface area contributed by atoms with Crippen LogP contribution in [0.2, 0.25) is 0 Å². The summed E-state index contributed by atoms with van der Waals surface area (Å²) in [5.74, 6) is -0.457. The summed E-state index contributed by atoms with van der Waals surface area (Å²) in [4.78, 5) is 11.4. The summed E-state index contributed by atoms with van der Waals surface area (Å²) in [7, 11) is -4.32. The average Bonchev–Trinajstić information content (AvgIpc) is 2.56. The number of carbonyl (C=O) groups is 1. The SMILES string of the molecule is CC1=NN(c2cccc(S(=O)(=O)O)c2)C(=O)C1Cl. The molecule has 8 heteroatoms. The maximum Gasteiger partial charge on any atom is 0.294 e. The van der Waals surface area contributed by atoms with Crippen molar-refractivity contribution in [3.63, 3.8) is 0 Å². The van der Waals surface area contributed by atoms with Crippen molar-refractivity contribution < 1.29 is 17.8 Å². The van der Waals surface area contributed by atoms with E-state index in [-0.39, 0.29) is 10.6 Å². The number of alkyl halides is 1. The van der Waals surface area contributed by atoms with Crippen molar-refractivity contribution >= 4 is 39.0 Å². The van der Waals surface area contributed by atoms with E-state index in [1.165, 1.54) is 18.2 Å². The molecule has 6 nitrogen and oxygen atoms in total. The molecule has 0 spiro atoms. The molecule has 2 rings (SSSR count). The number of hydrogen-bond acceptors (Lipinski definition) is 4. The first-order chi connectivity index (χ1) is 8.30. The fraction of sp³-hybridized carbons (Fsp3) is 0.200. The lowest BCUT2D eigenvalue weighted by atomic mass is 10.3. The zero-order chi connectivity index (χ0) is 13.5. The van der Waals surface area contributed by atoms with Gasteiger partial charge in [-0.2, -0.15) is 18.5 Å². The Kier molecular flexibility index (Phi) is 3.14. The third kappa shape index (κ3) is 2.24. The van der Waals surface area contributed by atoms with E-state index in [4.69, 9.17) is 16.2 Å². The van der Waals surface area contributed by atoms with Gasteiger partial charge in [-0.1, -0.05) is 6.07 Å². The molecule has 1 N–H and O–H groups in total. The lowest BCUT2D eigenvalue weighted by Crippen LogP contribution is -2.27. The van der Waals surface area contributed by atoms with Crippen molar-refractivity contribution in [2.75, 3.05) is 5.01 Å². The first-order valence-corrected chi connectivity index (χ1v) is 6.79. The smallest absolute Gasteiger partial charge is 0.282 e. The van der Waals surface area contributed by atoms with Crippen molar-refractivity contribution in [3.05, 3.63) is 24.3 Å². The Morgan fingerprint density at radius 2 is 2.11 bits per heavy atom. The summed E-state index contributed by atoms with van der Waals surface area (Å²) in [6.45, 7) is 1.60. The summed E-state index contributed by atoms with van der Waals surface area (Å²) in [6.07, 6.45) is 0. The monoisotopic (exact) mass is 288 g/mol. The number of benzene rings is 1. The number of halogens is 1. The van der Waals surface area contributed by atoms with Crippen LogP contribution in [0.15, 0.2) is 34.3 Å². The van der Waals surface area contributed by atoms with Gasteiger partial charge in [-0.25, -0.2) is 0 Å². The Labute approximate surface area is 109 Å². The molecule has 1 amide bonds. The van der Waals surface area contributed by atoms with Crippen LogP contribution in [0.4, 0.5) is 5.69 Å². The van der Waals surface area contributed by atoms with Gasteiger partial charge in [0.1, 0.15) is 0 Å². The zero-order valence-electron chi connectivity index (χ0n) is 9.24. The fourth-order valence-electron chi connectivity index (χ4n) is 1.50. The first kappa shape index (κ1) is 13.0. The molecule has 0 saturated heterocycles. The van der Waals surface area contributed by atoms with Gasteiger partial charge in [0.2, 0.25) is 0 Å². The normalized spacial score (nSPS) is 20.2. The van der Waals surface area contributed by atoms with Crippen LogP contribution in [0.25, 0.3) is 0 Å². The maximum absolute atomic E-state index is 11.7. The van der Waals surface area contributed by atoms with Crippen LogP contribution in [0.3, 0.4) is 0 Å². The van der Waals surface area contributed by atoms with E-state index >= 15 is 0 Å². The summed E-state index contributed by atoms with van der Waals surface area (Å²) in [5, 5.41) is 4.10. The molecule has 0 aliphatic carbocycles. The number of hydrazone groups is 1. The molecular formula is C10H9ClN2O4S. The lowest BCUT2D eigenvalue weighted by molar-refractivity contribution is -0.116. The van der Waals surface area contributed by atoms with E-state index in [1.54, 1.807) is 6.92 Å². The highest BCUT2D eigenvalue weighted by Crippen LogP contribution is 2.25. The van der Waals surface area contributed by atoms with Gasteiger partial charge in [-0.3, -0.25) is 9.35 Å². The molecule has 0 fully saturated rings. The predicted octanol–water partition coefficient (Wildman–Crippen LogP) is 1.26. The van der Waals surface area contributed by atoms with Crippen LogP contribution >= 0.6 is 11.6 Å². The Morgan fingerprint density at radius 3 is 2.61 bits per heavy atom. The highest BCUT2D eigenvalue weighted by Gasteiger charge is 2.32. The summed E-state index contributed by atoms with van der Waals surface area (Å²) >= 11 is 5.80. The highest BCUT2D eigenvalue weighted by molar-refractivity contribution is 7.85. The molecule has 96 valence electrons. The van der Waals surface area contributed by atoms with Gasteiger partial charge in [0.15, 0.2) is 5.38 Å². The van der Waals surface area contributed by atoms with Crippen LogP contribution in [0, 0.1) is 0 Å². The molecule has 1 aliphatic rings. The minimum atomic E-state index is -4.32. The minimum absolute atomic E-state index is 0.234. The Morgan fingerprint density at radius 1 is 1.44 bits per heavy atom. The molecule has 18 heavy (non-hydrogen) atoms.